The summed E-state index contributed by atoms with van der Waals surface area (Å²) < 4.78 is 17.0. The van der Waals surface area contributed by atoms with Gasteiger partial charge in [0.15, 0.2) is 11.5 Å². The molecule has 1 atom stereocenters. The van der Waals surface area contributed by atoms with Gasteiger partial charge in [0.25, 0.3) is 0 Å². The van der Waals surface area contributed by atoms with Gasteiger partial charge in [0.1, 0.15) is 5.75 Å². The lowest BCUT2D eigenvalue weighted by Gasteiger charge is -2.23. The quantitative estimate of drug-likeness (QED) is 0.318. The maximum atomic E-state index is 6.76. The Morgan fingerprint density at radius 2 is 1.87 bits per heavy atom. The zero-order valence-electron chi connectivity index (χ0n) is 18.0. The first kappa shape index (κ1) is 23.2. The Kier molecular flexibility index (Phi) is 8.72. The molecule has 1 heterocycles. The van der Waals surface area contributed by atoms with Crippen LogP contribution in [0.15, 0.2) is 30.3 Å². The number of halogens is 2. The zero-order valence-corrected chi connectivity index (χ0v) is 20.4. The van der Waals surface area contributed by atoms with E-state index in [1.54, 1.807) is 14.2 Å². The number of likely N-dealkylation sites (N-methyl/N-ethyl adjacent to an activating group) is 1. The summed E-state index contributed by atoms with van der Waals surface area (Å²) in [4.78, 5) is 2.36. The average molecular weight is 497 g/mol. The number of hydrogen-bond acceptors (Lipinski definition) is 4. The molecule has 3 rings (SSSR count). The second-order valence-electron chi connectivity index (χ2n) is 7.73. The van der Waals surface area contributed by atoms with Gasteiger partial charge in [-0.3, -0.25) is 0 Å². The number of nitrogens with zero attached hydrogens (tertiary/aromatic N) is 1. The van der Waals surface area contributed by atoms with Crippen molar-refractivity contribution >= 4 is 27.5 Å². The lowest BCUT2D eigenvalue weighted by molar-refractivity contribution is 0.306. The van der Waals surface area contributed by atoms with Crippen LogP contribution in [0.2, 0.25) is 5.02 Å². The van der Waals surface area contributed by atoms with Crippen LogP contribution in [0.5, 0.6) is 17.2 Å². The van der Waals surface area contributed by atoms with Gasteiger partial charge in [-0.05, 0) is 67.6 Å². The molecule has 0 bridgehead atoms. The van der Waals surface area contributed by atoms with Gasteiger partial charge >= 0.3 is 0 Å². The largest absolute Gasteiger partial charge is 0.494 e. The monoisotopic (exact) mass is 495 g/mol. The smallest absolute Gasteiger partial charge is 0.179 e. The van der Waals surface area contributed by atoms with Crippen LogP contribution in [0.3, 0.4) is 0 Å². The predicted molar refractivity (Wildman–Crippen MR) is 127 cm³/mol. The second kappa shape index (κ2) is 11.3. The number of hydrogen-bond donors (Lipinski definition) is 0. The summed E-state index contributed by atoms with van der Waals surface area (Å²) >= 11 is 10.2. The number of unbranched alkanes of at least 4 members (excludes halogenated alkanes) is 2. The fraction of sp³-hybridized carbons (Fsp3) is 0.500. The molecule has 0 spiro atoms. The first-order valence-corrected chi connectivity index (χ1v) is 12.0. The van der Waals surface area contributed by atoms with E-state index in [1.807, 2.05) is 0 Å². The van der Waals surface area contributed by atoms with Gasteiger partial charge in [-0.2, -0.15) is 0 Å². The molecule has 0 N–H and O–H groups in total. The Bertz CT molecular complexity index is 828. The average Bonchev–Trinajstić information content (AvgIpc) is 2.93. The van der Waals surface area contributed by atoms with E-state index in [4.69, 9.17) is 25.8 Å². The normalized spacial score (nSPS) is 16.6. The Labute approximate surface area is 193 Å². The van der Waals surface area contributed by atoms with Crippen LogP contribution >= 0.6 is 27.5 Å². The molecule has 0 saturated carbocycles. The lowest BCUT2D eigenvalue weighted by Crippen LogP contribution is -2.24. The molecule has 6 heteroatoms. The van der Waals surface area contributed by atoms with Crippen LogP contribution < -0.4 is 14.2 Å². The number of benzene rings is 2. The van der Waals surface area contributed by atoms with Crippen molar-refractivity contribution in [1.82, 2.24) is 4.90 Å². The standard InChI is InChI=1S/C24H31BrClNO3/c1-27-13-11-19-20(15-22(28-2)24(29-3)23(19)26)21(16-27)17-7-9-18(10-8-17)30-14-6-4-5-12-25/h7-10,15,21H,4-6,11-14,16H2,1-3H3/t21-/m1/s1. The maximum absolute atomic E-state index is 6.76. The number of ether oxygens (including phenoxy) is 3. The van der Waals surface area contributed by atoms with E-state index in [1.165, 1.54) is 24.0 Å². The van der Waals surface area contributed by atoms with Crippen LogP contribution in [-0.4, -0.2) is 51.2 Å². The maximum Gasteiger partial charge on any atom is 0.179 e. The Morgan fingerprint density at radius 1 is 1.10 bits per heavy atom. The minimum Gasteiger partial charge on any atom is -0.494 e. The molecule has 30 heavy (non-hydrogen) atoms. The van der Waals surface area contributed by atoms with Gasteiger partial charge in [-0.25, -0.2) is 0 Å². The van der Waals surface area contributed by atoms with Crippen LogP contribution in [0.25, 0.3) is 0 Å². The molecule has 1 aliphatic heterocycles. The number of methoxy groups -OCH3 is 2. The van der Waals surface area contributed by atoms with Crippen molar-refractivity contribution in [3.05, 3.63) is 52.0 Å². The molecule has 4 nitrogen and oxygen atoms in total. The summed E-state index contributed by atoms with van der Waals surface area (Å²) in [6, 6.07) is 10.6. The van der Waals surface area contributed by atoms with Crippen molar-refractivity contribution in [2.45, 2.75) is 31.6 Å². The minimum atomic E-state index is 0.206. The molecule has 0 unspecified atom stereocenters. The number of rotatable bonds is 9. The summed E-state index contributed by atoms with van der Waals surface area (Å²) in [5, 5.41) is 1.72. The van der Waals surface area contributed by atoms with E-state index in [0.717, 1.165) is 49.2 Å². The third kappa shape index (κ3) is 5.43. The highest BCUT2D eigenvalue weighted by Gasteiger charge is 2.28. The Hall–Kier alpha value is -1.43. The van der Waals surface area contributed by atoms with Crippen LogP contribution in [0, 0.1) is 0 Å². The molecular weight excluding hydrogens is 466 g/mol. The molecular formula is C24H31BrClNO3. The summed E-state index contributed by atoms with van der Waals surface area (Å²) in [5.74, 6) is 2.42. The van der Waals surface area contributed by atoms with Crippen LogP contribution in [0.1, 0.15) is 41.9 Å². The summed E-state index contributed by atoms with van der Waals surface area (Å²) in [6.07, 6.45) is 4.33. The molecule has 0 saturated heterocycles. The second-order valence-corrected chi connectivity index (χ2v) is 8.90. The van der Waals surface area contributed by atoms with Crippen molar-refractivity contribution < 1.29 is 14.2 Å². The Morgan fingerprint density at radius 3 is 2.53 bits per heavy atom. The van der Waals surface area contributed by atoms with E-state index in [2.05, 4.69) is 58.2 Å². The topological polar surface area (TPSA) is 30.9 Å². The Balaban J connectivity index is 1.86. The molecule has 2 aromatic carbocycles. The van der Waals surface area contributed by atoms with Gasteiger partial charge in [-0.15, -0.1) is 0 Å². The van der Waals surface area contributed by atoms with Gasteiger partial charge < -0.3 is 19.1 Å². The minimum absolute atomic E-state index is 0.206. The van der Waals surface area contributed by atoms with Gasteiger partial charge in [-0.1, -0.05) is 39.7 Å². The van der Waals surface area contributed by atoms with Gasteiger partial charge in [0.2, 0.25) is 0 Å². The van der Waals surface area contributed by atoms with E-state index < -0.39 is 0 Å². The van der Waals surface area contributed by atoms with Crippen molar-refractivity contribution in [3.63, 3.8) is 0 Å². The van der Waals surface area contributed by atoms with Crippen molar-refractivity contribution in [2.75, 3.05) is 46.3 Å². The lowest BCUT2D eigenvalue weighted by atomic mass is 9.87. The molecule has 0 aliphatic carbocycles. The van der Waals surface area contributed by atoms with Crippen molar-refractivity contribution in [1.29, 1.82) is 0 Å². The fourth-order valence-corrected chi connectivity index (χ4v) is 4.79. The number of fused-ring (bicyclic) bond motifs is 1. The van der Waals surface area contributed by atoms with E-state index in [0.29, 0.717) is 16.5 Å². The van der Waals surface area contributed by atoms with Crippen LogP contribution in [0.4, 0.5) is 0 Å². The summed E-state index contributed by atoms with van der Waals surface area (Å²) in [6.45, 7) is 2.63. The molecule has 164 valence electrons. The predicted octanol–water partition coefficient (Wildman–Crippen LogP) is 5.92. The molecule has 0 radical (unpaired) electrons. The summed E-state index contributed by atoms with van der Waals surface area (Å²) in [5.41, 5.74) is 3.61. The highest BCUT2D eigenvalue weighted by molar-refractivity contribution is 9.09. The van der Waals surface area contributed by atoms with Crippen molar-refractivity contribution in [3.8, 4) is 17.2 Å². The van der Waals surface area contributed by atoms with Gasteiger partial charge in [0, 0.05) is 24.3 Å². The van der Waals surface area contributed by atoms with E-state index in [-0.39, 0.29) is 5.92 Å². The van der Waals surface area contributed by atoms with E-state index in [9.17, 15) is 0 Å². The first-order chi connectivity index (χ1) is 14.6. The number of alkyl halides is 1. The molecule has 0 amide bonds. The third-order valence-corrected chi connectivity index (χ3v) is 6.65. The van der Waals surface area contributed by atoms with Crippen LogP contribution in [-0.2, 0) is 6.42 Å². The molecule has 0 fully saturated rings. The van der Waals surface area contributed by atoms with Gasteiger partial charge in [0.05, 0.1) is 25.8 Å². The molecule has 2 aromatic rings. The first-order valence-electron chi connectivity index (χ1n) is 10.5. The van der Waals surface area contributed by atoms with E-state index >= 15 is 0 Å². The zero-order chi connectivity index (χ0) is 21.5. The molecule has 1 aliphatic rings. The highest BCUT2D eigenvalue weighted by atomic mass is 79.9. The summed E-state index contributed by atoms with van der Waals surface area (Å²) in [7, 11) is 5.45. The van der Waals surface area contributed by atoms with Crippen molar-refractivity contribution in [2.24, 2.45) is 0 Å². The molecule has 0 aromatic heterocycles. The fourth-order valence-electron chi connectivity index (χ4n) is 4.02. The third-order valence-electron chi connectivity index (χ3n) is 5.69. The highest BCUT2D eigenvalue weighted by Crippen LogP contribution is 2.44. The SMILES string of the molecule is COc1cc2c(c(Cl)c1OC)CCN(C)C[C@@H]2c1ccc(OCCCCCBr)cc1.